The van der Waals surface area contributed by atoms with E-state index >= 15 is 0 Å². The van der Waals surface area contributed by atoms with E-state index in [1.165, 1.54) is 4.90 Å². The number of aliphatic imine (C=N–C) groups is 1. The molecule has 4 heteroatoms. The maximum absolute atomic E-state index is 10.2. The number of rotatable bonds is 4. The van der Waals surface area contributed by atoms with E-state index in [-0.39, 0.29) is 0 Å². The number of isocyanates is 1. The third kappa shape index (κ3) is 2.83. The Morgan fingerprint density at radius 1 is 1.25 bits per heavy atom. The van der Waals surface area contributed by atoms with Gasteiger partial charge in [-0.05, 0) is 23.1 Å². The second-order valence-electron chi connectivity index (χ2n) is 3.09. The molecule has 0 saturated carbocycles. The van der Waals surface area contributed by atoms with Crippen LogP contribution in [-0.2, 0) is 10.5 Å². The van der Waals surface area contributed by atoms with E-state index < -0.39 is 0 Å². The maximum atomic E-state index is 10.2. The van der Waals surface area contributed by atoms with Crippen LogP contribution in [0.2, 0.25) is 0 Å². The molecular formula is C12H9NOS2. The Labute approximate surface area is 102 Å². The minimum absolute atomic E-state index is 0.739. The molecule has 0 spiro atoms. The molecule has 0 atom stereocenters. The van der Waals surface area contributed by atoms with Gasteiger partial charge in [0.25, 0.3) is 0 Å². The van der Waals surface area contributed by atoms with Crippen LogP contribution >= 0.6 is 23.1 Å². The summed E-state index contributed by atoms with van der Waals surface area (Å²) in [5.41, 5.74) is 1.82. The Kier molecular flexibility index (Phi) is 3.94. The molecule has 2 aromatic rings. The minimum atomic E-state index is 0.739. The Balaban J connectivity index is 2.05. The highest BCUT2D eigenvalue weighted by Gasteiger charge is 2.03. The summed E-state index contributed by atoms with van der Waals surface area (Å²) in [4.78, 5) is 15.1. The first-order valence-electron chi connectivity index (χ1n) is 4.71. The third-order valence-corrected chi connectivity index (χ3v) is 3.86. The van der Waals surface area contributed by atoms with E-state index in [0.29, 0.717) is 0 Å². The van der Waals surface area contributed by atoms with Crippen molar-refractivity contribution in [2.75, 3.05) is 0 Å². The molecule has 16 heavy (non-hydrogen) atoms. The number of thioether (sulfide) groups is 1. The zero-order valence-electron chi connectivity index (χ0n) is 8.42. The monoisotopic (exact) mass is 247 g/mol. The summed E-state index contributed by atoms with van der Waals surface area (Å²) >= 11 is 3.29. The molecule has 80 valence electrons. The summed E-state index contributed by atoms with van der Waals surface area (Å²) in [6.45, 7) is 0. The van der Waals surface area contributed by atoms with Crippen molar-refractivity contribution in [1.29, 1.82) is 0 Å². The van der Waals surface area contributed by atoms with Gasteiger partial charge < -0.3 is 0 Å². The molecule has 0 aliphatic rings. The van der Waals surface area contributed by atoms with E-state index in [9.17, 15) is 4.79 Å². The van der Waals surface area contributed by atoms with Gasteiger partial charge in [0.2, 0.25) is 6.08 Å². The van der Waals surface area contributed by atoms with Crippen molar-refractivity contribution in [3.8, 4) is 0 Å². The minimum Gasteiger partial charge on any atom is -0.211 e. The molecular weight excluding hydrogens is 238 g/mol. The maximum Gasteiger partial charge on any atom is 0.240 e. The largest absolute Gasteiger partial charge is 0.240 e. The van der Waals surface area contributed by atoms with Gasteiger partial charge in [-0.3, -0.25) is 0 Å². The van der Waals surface area contributed by atoms with Gasteiger partial charge in [0.15, 0.2) is 0 Å². The lowest BCUT2D eigenvalue weighted by molar-refractivity contribution is 0.565. The standard InChI is InChI=1S/C12H9NOS2/c14-9-13-12-8-15-6-10(12)7-16-11-4-2-1-3-5-11/h1-6,8H,7H2. The number of hydrogen-bond donors (Lipinski definition) is 0. The molecule has 0 bridgehead atoms. The van der Waals surface area contributed by atoms with E-state index in [1.807, 2.05) is 29.0 Å². The Hall–Kier alpha value is -1.35. The zero-order chi connectivity index (χ0) is 11.2. The number of carbonyl (C=O) groups excluding carboxylic acids is 1. The van der Waals surface area contributed by atoms with Gasteiger partial charge in [-0.2, -0.15) is 4.99 Å². The van der Waals surface area contributed by atoms with Crippen molar-refractivity contribution >= 4 is 34.9 Å². The van der Waals surface area contributed by atoms with E-state index in [4.69, 9.17) is 0 Å². The van der Waals surface area contributed by atoms with E-state index in [1.54, 1.807) is 29.2 Å². The molecule has 0 fully saturated rings. The van der Waals surface area contributed by atoms with Gasteiger partial charge in [-0.25, -0.2) is 4.79 Å². The van der Waals surface area contributed by atoms with Crippen LogP contribution in [0, 0.1) is 0 Å². The average Bonchev–Trinajstić information content (AvgIpc) is 2.76. The predicted octanol–water partition coefficient (Wildman–Crippen LogP) is 4.01. The number of hydrogen-bond acceptors (Lipinski definition) is 4. The topological polar surface area (TPSA) is 29.4 Å². The Bertz CT molecular complexity index is 501. The second kappa shape index (κ2) is 5.66. The van der Waals surface area contributed by atoms with Gasteiger partial charge in [0.05, 0.1) is 5.69 Å². The average molecular weight is 247 g/mol. The van der Waals surface area contributed by atoms with Crippen LogP contribution in [0.15, 0.2) is 51.0 Å². The van der Waals surface area contributed by atoms with E-state index in [0.717, 1.165) is 17.0 Å². The molecule has 0 unspecified atom stereocenters. The quantitative estimate of drug-likeness (QED) is 0.464. The fourth-order valence-electron chi connectivity index (χ4n) is 1.25. The lowest BCUT2D eigenvalue weighted by Crippen LogP contribution is -1.76. The van der Waals surface area contributed by atoms with Crippen molar-refractivity contribution in [2.24, 2.45) is 4.99 Å². The molecule has 0 radical (unpaired) electrons. The van der Waals surface area contributed by atoms with Gasteiger partial charge in [-0.15, -0.1) is 23.1 Å². The molecule has 2 rings (SSSR count). The van der Waals surface area contributed by atoms with Gasteiger partial charge in [0.1, 0.15) is 0 Å². The molecule has 1 aromatic heterocycles. The molecule has 0 saturated heterocycles. The van der Waals surface area contributed by atoms with Crippen LogP contribution in [0.25, 0.3) is 0 Å². The molecule has 0 aliphatic heterocycles. The Morgan fingerprint density at radius 3 is 2.81 bits per heavy atom. The first-order valence-corrected chi connectivity index (χ1v) is 6.64. The van der Waals surface area contributed by atoms with Crippen molar-refractivity contribution in [2.45, 2.75) is 10.6 Å². The van der Waals surface area contributed by atoms with Crippen LogP contribution < -0.4 is 0 Å². The summed E-state index contributed by atoms with van der Waals surface area (Å²) in [5, 5.41) is 3.89. The molecule has 0 aliphatic carbocycles. The highest BCUT2D eigenvalue weighted by Crippen LogP contribution is 2.30. The fourth-order valence-corrected chi connectivity index (χ4v) is 3.03. The normalized spacial score (nSPS) is 9.75. The van der Waals surface area contributed by atoms with Crippen molar-refractivity contribution in [3.63, 3.8) is 0 Å². The van der Waals surface area contributed by atoms with Crippen LogP contribution in [0.1, 0.15) is 5.56 Å². The van der Waals surface area contributed by atoms with E-state index in [2.05, 4.69) is 17.1 Å². The fraction of sp³-hybridized carbons (Fsp3) is 0.0833. The molecule has 2 nitrogen and oxygen atoms in total. The van der Waals surface area contributed by atoms with Crippen LogP contribution in [0.3, 0.4) is 0 Å². The summed E-state index contributed by atoms with van der Waals surface area (Å²) in [7, 11) is 0. The van der Waals surface area contributed by atoms with Crippen molar-refractivity contribution in [3.05, 3.63) is 46.7 Å². The number of benzene rings is 1. The molecule has 0 amide bonds. The summed E-state index contributed by atoms with van der Waals surface area (Å²) in [5.74, 6) is 0.827. The smallest absolute Gasteiger partial charge is 0.211 e. The SMILES string of the molecule is O=C=Nc1cscc1CSc1ccccc1. The lowest BCUT2D eigenvalue weighted by atomic mass is 10.3. The number of nitrogens with zero attached hydrogens (tertiary/aromatic N) is 1. The lowest BCUT2D eigenvalue weighted by Gasteiger charge is -1.99. The first kappa shape index (κ1) is 11.1. The molecule has 1 aromatic carbocycles. The summed E-state index contributed by atoms with van der Waals surface area (Å²) in [6.07, 6.45) is 1.58. The summed E-state index contributed by atoms with van der Waals surface area (Å²) in [6, 6.07) is 10.2. The molecule has 0 N–H and O–H groups in total. The van der Waals surface area contributed by atoms with Crippen LogP contribution in [0.5, 0.6) is 0 Å². The highest BCUT2D eigenvalue weighted by molar-refractivity contribution is 7.98. The highest BCUT2D eigenvalue weighted by atomic mass is 32.2. The second-order valence-corrected chi connectivity index (χ2v) is 4.88. The van der Waals surface area contributed by atoms with Crippen molar-refractivity contribution in [1.82, 2.24) is 0 Å². The molecule has 1 heterocycles. The number of thiophene rings is 1. The van der Waals surface area contributed by atoms with Gasteiger partial charge in [-0.1, -0.05) is 18.2 Å². The van der Waals surface area contributed by atoms with Crippen LogP contribution in [-0.4, -0.2) is 6.08 Å². The zero-order valence-corrected chi connectivity index (χ0v) is 10.1. The van der Waals surface area contributed by atoms with Crippen LogP contribution in [0.4, 0.5) is 5.69 Å². The van der Waals surface area contributed by atoms with Gasteiger partial charge in [0, 0.05) is 16.0 Å². The Morgan fingerprint density at radius 2 is 2.06 bits per heavy atom. The van der Waals surface area contributed by atoms with Crippen molar-refractivity contribution < 1.29 is 4.79 Å². The predicted molar refractivity (Wildman–Crippen MR) is 68.1 cm³/mol. The summed E-state index contributed by atoms with van der Waals surface area (Å²) < 4.78 is 0. The first-order chi connectivity index (χ1) is 7.90. The van der Waals surface area contributed by atoms with Gasteiger partial charge >= 0.3 is 0 Å². The third-order valence-electron chi connectivity index (χ3n) is 2.02.